The predicted octanol–water partition coefficient (Wildman–Crippen LogP) is 3.18. The first-order valence-corrected chi connectivity index (χ1v) is 5.87. The molecule has 1 nitrogen and oxygen atoms in total. The normalized spacial score (nSPS) is 10.5. The van der Waals surface area contributed by atoms with Gasteiger partial charge in [0.15, 0.2) is 0 Å². The average Bonchev–Trinajstić information content (AvgIpc) is 2.17. The van der Waals surface area contributed by atoms with Gasteiger partial charge in [0.25, 0.3) is 0 Å². The zero-order valence-electron chi connectivity index (χ0n) is 8.42. The minimum atomic E-state index is -0.188. The molecule has 0 heterocycles. The summed E-state index contributed by atoms with van der Waals surface area (Å²) >= 11 is 1.69. The Labute approximate surface area is 88.9 Å². The van der Waals surface area contributed by atoms with Gasteiger partial charge in [-0.1, -0.05) is 13.3 Å². The fourth-order valence-corrected chi connectivity index (χ4v) is 2.26. The SMILES string of the molecule is CCCCSc1cc(F)cc(CN)c1. The number of halogens is 1. The quantitative estimate of drug-likeness (QED) is 0.600. The molecule has 78 valence electrons. The molecule has 3 heteroatoms. The topological polar surface area (TPSA) is 26.0 Å². The van der Waals surface area contributed by atoms with E-state index in [2.05, 4.69) is 6.92 Å². The first kappa shape index (κ1) is 11.5. The Morgan fingerprint density at radius 2 is 2.14 bits per heavy atom. The fourth-order valence-electron chi connectivity index (χ4n) is 1.16. The smallest absolute Gasteiger partial charge is 0.124 e. The van der Waals surface area contributed by atoms with Gasteiger partial charge in [0, 0.05) is 11.4 Å². The summed E-state index contributed by atoms with van der Waals surface area (Å²) in [6, 6.07) is 5.02. The Hall–Kier alpha value is -0.540. The number of nitrogens with two attached hydrogens (primary N) is 1. The Morgan fingerprint density at radius 3 is 2.79 bits per heavy atom. The number of unbranched alkanes of at least 4 members (excludes halogenated alkanes) is 1. The Kier molecular flexibility index (Phi) is 4.98. The van der Waals surface area contributed by atoms with Crippen molar-refractivity contribution in [2.75, 3.05) is 5.75 Å². The van der Waals surface area contributed by atoms with E-state index in [1.165, 1.54) is 18.9 Å². The summed E-state index contributed by atoms with van der Waals surface area (Å²) < 4.78 is 13.1. The van der Waals surface area contributed by atoms with E-state index in [-0.39, 0.29) is 5.82 Å². The van der Waals surface area contributed by atoms with Gasteiger partial charge < -0.3 is 5.73 Å². The van der Waals surface area contributed by atoms with E-state index in [0.29, 0.717) is 6.54 Å². The standard InChI is InChI=1S/C11H16FNS/c1-2-3-4-14-11-6-9(8-13)5-10(12)7-11/h5-7H,2-4,8,13H2,1H3. The molecule has 0 aliphatic heterocycles. The first-order valence-electron chi connectivity index (χ1n) is 4.88. The highest BCUT2D eigenvalue weighted by atomic mass is 32.2. The Balaban J connectivity index is 2.62. The van der Waals surface area contributed by atoms with Gasteiger partial charge in [-0.25, -0.2) is 4.39 Å². The number of rotatable bonds is 5. The van der Waals surface area contributed by atoms with Gasteiger partial charge in [-0.05, 0) is 35.9 Å². The maximum absolute atomic E-state index is 13.1. The molecule has 0 fully saturated rings. The third-order valence-corrected chi connectivity index (χ3v) is 3.00. The van der Waals surface area contributed by atoms with E-state index >= 15 is 0 Å². The van der Waals surface area contributed by atoms with E-state index in [0.717, 1.165) is 16.2 Å². The van der Waals surface area contributed by atoms with Gasteiger partial charge in [-0.15, -0.1) is 11.8 Å². The first-order chi connectivity index (χ1) is 6.76. The van der Waals surface area contributed by atoms with Crippen molar-refractivity contribution in [2.24, 2.45) is 5.73 Å². The molecule has 0 aromatic heterocycles. The van der Waals surface area contributed by atoms with Gasteiger partial charge in [-0.3, -0.25) is 0 Å². The highest BCUT2D eigenvalue weighted by Gasteiger charge is 2.00. The largest absolute Gasteiger partial charge is 0.326 e. The number of hydrogen-bond acceptors (Lipinski definition) is 2. The summed E-state index contributed by atoms with van der Waals surface area (Å²) in [5.74, 6) is 0.858. The van der Waals surface area contributed by atoms with Crippen LogP contribution in [0.15, 0.2) is 23.1 Å². The van der Waals surface area contributed by atoms with Crippen molar-refractivity contribution in [2.45, 2.75) is 31.2 Å². The van der Waals surface area contributed by atoms with E-state index in [1.54, 1.807) is 17.8 Å². The van der Waals surface area contributed by atoms with Crippen LogP contribution in [0.1, 0.15) is 25.3 Å². The molecule has 14 heavy (non-hydrogen) atoms. The van der Waals surface area contributed by atoms with Crippen LogP contribution in [0, 0.1) is 5.82 Å². The molecule has 0 saturated heterocycles. The number of benzene rings is 1. The summed E-state index contributed by atoms with van der Waals surface area (Å²) in [5.41, 5.74) is 6.33. The Bertz CT molecular complexity index is 289. The molecule has 0 aliphatic rings. The molecule has 0 unspecified atom stereocenters. The molecular weight excluding hydrogens is 197 g/mol. The van der Waals surface area contributed by atoms with Crippen LogP contribution in [0.2, 0.25) is 0 Å². The van der Waals surface area contributed by atoms with Crippen molar-refractivity contribution in [1.29, 1.82) is 0 Å². The van der Waals surface area contributed by atoms with Crippen molar-refractivity contribution in [3.8, 4) is 0 Å². The summed E-state index contributed by atoms with van der Waals surface area (Å²) in [4.78, 5) is 0.985. The summed E-state index contributed by atoms with van der Waals surface area (Å²) in [6.07, 6.45) is 2.34. The second-order valence-electron chi connectivity index (χ2n) is 3.20. The van der Waals surface area contributed by atoms with Gasteiger partial charge in [0.2, 0.25) is 0 Å². The third kappa shape index (κ3) is 3.68. The highest BCUT2D eigenvalue weighted by Crippen LogP contribution is 2.21. The van der Waals surface area contributed by atoms with E-state index in [9.17, 15) is 4.39 Å². The van der Waals surface area contributed by atoms with Crippen LogP contribution in [0.5, 0.6) is 0 Å². The monoisotopic (exact) mass is 213 g/mol. The van der Waals surface area contributed by atoms with E-state index in [4.69, 9.17) is 5.73 Å². The molecule has 1 aromatic rings. The van der Waals surface area contributed by atoms with Crippen LogP contribution >= 0.6 is 11.8 Å². The van der Waals surface area contributed by atoms with Crippen molar-refractivity contribution in [1.82, 2.24) is 0 Å². The predicted molar refractivity (Wildman–Crippen MR) is 59.9 cm³/mol. The van der Waals surface area contributed by atoms with Crippen molar-refractivity contribution in [3.05, 3.63) is 29.6 Å². The fraction of sp³-hybridized carbons (Fsp3) is 0.455. The average molecular weight is 213 g/mol. The van der Waals surface area contributed by atoms with Gasteiger partial charge in [-0.2, -0.15) is 0 Å². The molecule has 0 saturated carbocycles. The highest BCUT2D eigenvalue weighted by molar-refractivity contribution is 7.99. The van der Waals surface area contributed by atoms with Crippen LogP contribution in [-0.4, -0.2) is 5.75 Å². The van der Waals surface area contributed by atoms with E-state index < -0.39 is 0 Å². The summed E-state index contributed by atoms with van der Waals surface area (Å²) in [6.45, 7) is 2.55. The van der Waals surface area contributed by atoms with Gasteiger partial charge in [0.05, 0.1) is 0 Å². The third-order valence-electron chi connectivity index (χ3n) is 1.93. The lowest BCUT2D eigenvalue weighted by molar-refractivity contribution is 0.621. The van der Waals surface area contributed by atoms with Crippen molar-refractivity contribution in [3.63, 3.8) is 0 Å². The molecule has 0 amide bonds. The maximum Gasteiger partial charge on any atom is 0.124 e. The van der Waals surface area contributed by atoms with Gasteiger partial charge >= 0.3 is 0 Å². The van der Waals surface area contributed by atoms with Gasteiger partial charge in [0.1, 0.15) is 5.82 Å². The molecule has 1 aromatic carbocycles. The molecule has 0 spiro atoms. The van der Waals surface area contributed by atoms with Crippen LogP contribution in [0.3, 0.4) is 0 Å². The van der Waals surface area contributed by atoms with Crippen LogP contribution in [0.4, 0.5) is 4.39 Å². The van der Waals surface area contributed by atoms with Crippen molar-refractivity contribution < 1.29 is 4.39 Å². The lowest BCUT2D eigenvalue weighted by atomic mass is 10.2. The zero-order chi connectivity index (χ0) is 10.4. The Morgan fingerprint density at radius 1 is 1.36 bits per heavy atom. The second kappa shape index (κ2) is 6.04. The zero-order valence-corrected chi connectivity index (χ0v) is 9.24. The molecule has 0 atom stereocenters. The molecule has 0 aliphatic carbocycles. The molecule has 0 radical (unpaired) electrons. The molecule has 2 N–H and O–H groups in total. The van der Waals surface area contributed by atoms with Crippen molar-refractivity contribution >= 4 is 11.8 Å². The summed E-state index contributed by atoms with van der Waals surface area (Å²) in [5, 5.41) is 0. The maximum atomic E-state index is 13.1. The molecule has 0 bridgehead atoms. The number of thioether (sulfide) groups is 1. The minimum absolute atomic E-state index is 0.188. The minimum Gasteiger partial charge on any atom is -0.326 e. The van der Waals surface area contributed by atoms with Crippen LogP contribution < -0.4 is 5.73 Å². The van der Waals surface area contributed by atoms with E-state index in [1.807, 2.05) is 6.07 Å². The van der Waals surface area contributed by atoms with Crippen LogP contribution in [-0.2, 0) is 6.54 Å². The summed E-state index contributed by atoms with van der Waals surface area (Å²) in [7, 11) is 0. The second-order valence-corrected chi connectivity index (χ2v) is 4.37. The van der Waals surface area contributed by atoms with Crippen LogP contribution in [0.25, 0.3) is 0 Å². The molecule has 1 rings (SSSR count). The number of hydrogen-bond donors (Lipinski definition) is 1. The lowest BCUT2D eigenvalue weighted by Gasteiger charge is -2.03. The molecular formula is C11H16FNS. The lowest BCUT2D eigenvalue weighted by Crippen LogP contribution is -1.97.